The number of aryl methyl sites for hydroxylation is 1. The van der Waals surface area contributed by atoms with Crippen LogP contribution in [0.1, 0.15) is 5.56 Å². The van der Waals surface area contributed by atoms with Crippen LogP contribution in [0.3, 0.4) is 0 Å². The zero-order valence-corrected chi connectivity index (χ0v) is 12.1. The quantitative estimate of drug-likeness (QED) is 0.815. The predicted octanol–water partition coefficient (Wildman–Crippen LogP) is 0.963. The summed E-state index contributed by atoms with van der Waals surface area (Å²) in [6.07, 6.45) is -0.416. The minimum absolute atomic E-state index is 0.0700. The lowest BCUT2D eigenvalue weighted by Crippen LogP contribution is -2.50. The topological polar surface area (TPSA) is 50.8 Å². The molecule has 1 N–H and O–H groups in total. The van der Waals surface area contributed by atoms with Crippen molar-refractivity contribution < 1.29 is 14.3 Å². The zero-order chi connectivity index (χ0) is 14.4. The number of amides is 1. The van der Waals surface area contributed by atoms with E-state index in [2.05, 4.69) is 35.3 Å². The van der Waals surface area contributed by atoms with Crippen molar-refractivity contribution in [2.75, 3.05) is 44.9 Å². The number of morpholine rings is 1. The number of rotatable bonds is 5. The van der Waals surface area contributed by atoms with Crippen LogP contribution in [0.2, 0.25) is 0 Å². The van der Waals surface area contributed by atoms with Gasteiger partial charge in [-0.2, -0.15) is 0 Å². The maximum atomic E-state index is 12.0. The molecule has 0 radical (unpaired) electrons. The number of methoxy groups -OCH3 is 1. The molecular formula is C15H22N2O3. The SMILES string of the molecule is COCCNC(=O)C1CN(c2cccc(C)c2)CCO1. The Morgan fingerprint density at radius 1 is 1.55 bits per heavy atom. The average molecular weight is 278 g/mol. The largest absolute Gasteiger partial charge is 0.383 e. The fraction of sp³-hybridized carbons (Fsp3) is 0.533. The van der Waals surface area contributed by atoms with E-state index in [4.69, 9.17) is 9.47 Å². The highest BCUT2D eigenvalue weighted by molar-refractivity contribution is 5.81. The molecule has 1 amide bonds. The van der Waals surface area contributed by atoms with Crippen molar-refractivity contribution >= 4 is 11.6 Å². The van der Waals surface area contributed by atoms with Gasteiger partial charge in [0.25, 0.3) is 5.91 Å². The van der Waals surface area contributed by atoms with Crippen LogP contribution in [-0.4, -0.2) is 52.0 Å². The van der Waals surface area contributed by atoms with Crippen molar-refractivity contribution in [2.45, 2.75) is 13.0 Å². The van der Waals surface area contributed by atoms with E-state index < -0.39 is 6.10 Å². The molecule has 0 aromatic heterocycles. The summed E-state index contributed by atoms with van der Waals surface area (Å²) in [6.45, 7) is 5.06. The summed E-state index contributed by atoms with van der Waals surface area (Å²) in [7, 11) is 1.61. The lowest BCUT2D eigenvalue weighted by Gasteiger charge is -2.34. The first-order valence-electron chi connectivity index (χ1n) is 6.90. The van der Waals surface area contributed by atoms with Gasteiger partial charge in [-0.25, -0.2) is 0 Å². The van der Waals surface area contributed by atoms with Crippen molar-refractivity contribution in [2.24, 2.45) is 0 Å². The third kappa shape index (κ3) is 3.95. The lowest BCUT2D eigenvalue weighted by atomic mass is 10.1. The highest BCUT2D eigenvalue weighted by Crippen LogP contribution is 2.19. The second kappa shape index (κ2) is 7.26. The zero-order valence-electron chi connectivity index (χ0n) is 12.1. The van der Waals surface area contributed by atoms with E-state index in [9.17, 15) is 4.79 Å². The molecule has 1 aliphatic rings. The molecule has 0 aliphatic carbocycles. The van der Waals surface area contributed by atoms with Gasteiger partial charge in [-0.3, -0.25) is 4.79 Å². The molecule has 1 unspecified atom stereocenters. The molecule has 1 aliphatic heterocycles. The minimum Gasteiger partial charge on any atom is -0.383 e. The molecule has 1 saturated heterocycles. The van der Waals surface area contributed by atoms with Crippen LogP contribution in [0.15, 0.2) is 24.3 Å². The van der Waals surface area contributed by atoms with Crippen LogP contribution in [0.4, 0.5) is 5.69 Å². The number of carbonyl (C=O) groups is 1. The van der Waals surface area contributed by atoms with E-state index in [0.717, 1.165) is 12.2 Å². The van der Waals surface area contributed by atoms with Gasteiger partial charge in [-0.05, 0) is 24.6 Å². The van der Waals surface area contributed by atoms with Gasteiger partial charge in [-0.15, -0.1) is 0 Å². The number of nitrogens with one attached hydrogen (secondary N) is 1. The average Bonchev–Trinajstić information content (AvgIpc) is 2.47. The van der Waals surface area contributed by atoms with Gasteiger partial charge in [0.1, 0.15) is 0 Å². The first-order valence-corrected chi connectivity index (χ1v) is 6.90. The highest BCUT2D eigenvalue weighted by atomic mass is 16.5. The van der Waals surface area contributed by atoms with E-state index in [1.54, 1.807) is 7.11 Å². The van der Waals surface area contributed by atoms with E-state index in [1.165, 1.54) is 5.56 Å². The normalized spacial score (nSPS) is 18.9. The summed E-state index contributed by atoms with van der Waals surface area (Å²) in [5.74, 6) is -0.0700. The molecule has 1 fully saturated rings. The molecule has 1 heterocycles. The number of anilines is 1. The van der Waals surface area contributed by atoms with E-state index in [0.29, 0.717) is 26.3 Å². The summed E-state index contributed by atoms with van der Waals surface area (Å²) in [5, 5.41) is 2.82. The molecule has 0 saturated carbocycles. The van der Waals surface area contributed by atoms with Crippen LogP contribution >= 0.6 is 0 Å². The highest BCUT2D eigenvalue weighted by Gasteiger charge is 2.26. The summed E-state index contributed by atoms with van der Waals surface area (Å²) in [4.78, 5) is 14.2. The van der Waals surface area contributed by atoms with E-state index in [1.807, 2.05) is 6.07 Å². The Labute approximate surface area is 119 Å². The minimum atomic E-state index is -0.416. The Hall–Kier alpha value is -1.59. The van der Waals surface area contributed by atoms with Crippen LogP contribution in [0.5, 0.6) is 0 Å². The Morgan fingerprint density at radius 3 is 3.15 bits per heavy atom. The van der Waals surface area contributed by atoms with E-state index in [-0.39, 0.29) is 5.91 Å². The third-order valence-electron chi connectivity index (χ3n) is 3.33. The number of hydrogen-bond donors (Lipinski definition) is 1. The van der Waals surface area contributed by atoms with Crippen molar-refractivity contribution in [3.8, 4) is 0 Å². The standard InChI is InChI=1S/C15H22N2O3/c1-12-4-3-5-13(10-12)17-7-9-20-14(11-17)15(18)16-6-8-19-2/h3-5,10,14H,6-9,11H2,1-2H3,(H,16,18). The predicted molar refractivity (Wildman–Crippen MR) is 78.0 cm³/mol. The van der Waals surface area contributed by atoms with Crippen LogP contribution < -0.4 is 10.2 Å². The second-order valence-electron chi connectivity index (χ2n) is 4.93. The monoisotopic (exact) mass is 278 g/mol. The van der Waals surface area contributed by atoms with Gasteiger partial charge in [0, 0.05) is 25.9 Å². The smallest absolute Gasteiger partial charge is 0.251 e. The Morgan fingerprint density at radius 2 is 2.40 bits per heavy atom. The van der Waals surface area contributed by atoms with Crippen LogP contribution in [-0.2, 0) is 14.3 Å². The molecule has 1 aromatic rings. The van der Waals surface area contributed by atoms with E-state index >= 15 is 0 Å². The summed E-state index contributed by atoms with van der Waals surface area (Å²) < 4.78 is 10.5. The van der Waals surface area contributed by atoms with Gasteiger partial charge in [0.2, 0.25) is 0 Å². The van der Waals surface area contributed by atoms with Gasteiger partial charge < -0.3 is 19.7 Å². The van der Waals surface area contributed by atoms with Gasteiger partial charge in [0.15, 0.2) is 6.10 Å². The van der Waals surface area contributed by atoms with Crippen LogP contribution in [0.25, 0.3) is 0 Å². The maximum Gasteiger partial charge on any atom is 0.251 e. The summed E-state index contributed by atoms with van der Waals surface area (Å²) in [5.41, 5.74) is 2.36. The molecule has 1 atom stereocenters. The fourth-order valence-electron chi connectivity index (χ4n) is 2.26. The number of nitrogens with zero attached hydrogens (tertiary/aromatic N) is 1. The van der Waals surface area contributed by atoms with Gasteiger partial charge >= 0.3 is 0 Å². The molecule has 1 aromatic carbocycles. The van der Waals surface area contributed by atoms with Gasteiger partial charge in [0.05, 0.1) is 19.8 Å². The molecule has 0 spiro atoms. The molecule has 0 bridgehead atoms. The first-order chi connectivity index (χ1) is 9.70. The molecule has 5 heteroatoms. The van der Waals surface area contributed by atoms with Crippen molar-refractivity contribution in [1.29, 1.82) is 0 Å². The van der Waals surface area contributed by atoms with Gasteiger partial charge in [-0.1, -0.05) is 12.1 Å². The maximum absolute atomic E-state index is 12.0. The Balaban J connectivity index is 1.93. The summed E-state index contributed by atoms with van der Waals surface area (Å²) in [6, 6.07) is 8.30. The van der Waals surface area contributed by atoms with Crippen molar-refractivity contribution in [3.63, 3.8) is 0 Å². The Bertz CT molecular complexity index is 450. The van der Waals surface area contributed by atoms with Crippen LogP contribution in [0, 0.1) is 6.92 Å². The fourth-order valence-corrected chi connectivity index (χ4v) is 2.26. The number of benzene rings is 1. The molecule has 2 rings (SSSR count). The molecule has 5 nitrogen and oxygen atoms in total. The number of hydrogen-bond acceptors (Lipinski definition) is 4. The number of ether oxygens (including phenoxy) is 2. The molecular weight excluding hydrogens is 256 g/mol. The lowest BCUT2D eigenvalue weighted by molar-refractivity contribution is -0.133. The second-order valence-corrected chi connectivity index (χ2v) is 4.93. The number of carbonyl (C=O) groups excluding carboxylic acids is 1. The Kier molecular flexibility index (Phi) is 5.38. The van der Waals surface area contributed by atoms with Crippen molar-refractivity contribution in [3.05, 3.63) is 29.8 Å². The molecule has 110 valence electrons. The summed E-state index contributed by atoms with van der Waals surface area (Å²) >= 11 is 0. The first kappa shape index (κ1) is 14.8. The third-order valence-corrected chi connectivity index (χ3v) is 3.33. The molecule has 20 heavy (non-hydrogen) atoms. The van der Waals surface area contributed by atoms with Crippen molar-refractivity contribution in [1.82, 2.24) is 5.32 Å².